The third kappa shape index (κ3) is 4.65. The molecule has 2 heterocycles. The molecule has 148 valence electrons. The summed E-state index contributed by atoms with van der Waals surface area (Å²) in [5.74, 6) is 0.261. The summed E-state index contributed by atoms with van der Waals surface area (Å²) in [5.41, 5.74) is -0.316. The molecular formula is C17H18ClN5O5. The predicted octanol–water partition coefficient (Wildman–Crippen LogP) is 1.94. The molecule has 1 aliphatic heterocycles. The maximum Gasteiger partial charge on any atom is 0.282 e. The zero-order chi connectivity index (χ0) is 20.3. The van der Waals surface area contributed by atoms with Crippen LogP contribution in [0.3, 0.4) is 0 Å². The van der Waals surface area contributed by atoms with Crippen molar-refractivity contribution >= 4 is 34.9 Å². The molecule has 1 aromatic carbocycles. The lowest BCUT2D eigenvalue weighted by molar-refractivity contribution is -0.385. The van der Waals surface area contributed by atoms with Crippen LogP contribution >= 0.6 is 11.6 Å². The summed E-state index contributed by atoms with van der Waals surface area (Å²) in [6, 6.07) is 5.53. The third-order valence-electron chi connectivity index (χ3n) is 4.31. The van der Waals surface area contributed by atoms with Crippen LogP contribution in [0.15, 0.2) is 28.8 Å². The number of amides is 2. The van der Waals surface area contributed by atoms with Gasteiger partial charge in [-0.25, -0.2) is 0 Å². The van der Waals surface area contributed by atoms with Crippen molar-refractivity contribution in [3.8, 4) is 0 Å². The highest BCUT2D eigenvalue weighted by atomic mass is 35.5. The average Bonchev–Trinajstić information content (AvgIpc) is 3.06. The number of aryl methyl sites for hydroxylation is 1. The molecule has 0 unspecified atom stereocenters. The van der Waals surface area contributed by atoms with Crippen LogP contribution in [0.25, 0.3) is 0 Å². The van der Waals surface area contributed by atoms with Gasteiger partial charge in [-0.3, -0.25) is 24.6 Å². The Hall–Kier alpha value is -2.98. The summed E-state index contributed by atoms with van der Waals surface area (Å²) in [4.78, 5) is 38.8. The first-order chi connectivity index (χ1) is 13.3. The van der Waals surface area contributed by atoms with Gasteiger partial charge in [0.25, 0.3) is 11.6 Å². The standard InChI is InChI=1S/C17H18ClN5O5/c1-11-8-15(20-28-11)19-16(24)10-21-4-6-22(7-5-21)17(25)13-9-12(18)2-3-14(13)23(26)27/h2-3,8-9H,4-7,10H2,1H3,(H,19,20,24). The summed E-state index contributed by atoms with van der Waals surface area (Å²) in [7, 11) is 0. The fourth-order valence-electron chi connectivity index (χ4n) is 2.93. The van der Waals surface area contributed by atoms with Crippen LogP contribution in [0.4, 0.5) is 11.5 Å². The van der Waals surface area contributed by atoms with Gasteiger partial charge in [0.2, 0.25) is 5.91 Å². The second-order valence-corrected chi connectivity index (χ2v) is 6.79. The number of rotatable bonds is 5. The summed E-state index contributed by atoms with van der Waals surface area (Å²) >= 11 is 5.90. The van der Waals surface area contributed by atoms with Gasteiger partial charge in [-0.1, -0.05) is 16.8 Å². The summed E-state index contributed by atoms with van der Waals surface area (Å²) in [6.07, 6.45) is 0. The first kappa shape index (κ1) is 19.8. The van der Waals surface area contributed by atoms with E-state index in [1.807, 2.05) is 4.90 Å². The van der Waals surface area contributed by atoms with Crippen molar-refractivity contribution in [1.82, 2.24) is 15.0 Å². The summed E-state index contributed by atoms with van der Waals surface area (Å²) in [6.45, 7) is 3.49. The van der Waals surface area contributed by atoms with Crippen LogP contribution in [0.5, 0.6) is 0 Å². The number of carbonyl (C=O) groups is 2. The molecule has 10 nitrogen and oxygen atoms in total. The van der Waals surface area contributed by atoms with Crippen LogP contribution in [0.2, 0.25) is 5.02 Å². The molecule has 11 heteroatoms. The lowest BCUT2D eigenvalue weighted by Gasteiger charge is -2.34. The molecule has 0 atom stereocenters. The molecular weight excluding hydrogens is 390 g/mol. The number of anilines is 1. The van der Waals surface area contributed by atoms with E-state index in [1.54, 1.807) is 13.0 Å². The van der Waals surface area contributed by atoms with Gasteiger partial charge in [-0.15, -0.1) is 0 Å². The smallest absolute Gasteiger partial charge is 0.282 e. The van der Waals surface area contributed by atoms with Crippen LogP contribution in [-0.4, -0.2) is 64.4 Å². The summed E-state index contributed by atoms with van der Waals surface area (Å²) in [5, 5.41) is 17.8. The van der Waals surface area contributed by atoms with Gasteiger partial charge >= 0.3 is 0 Å². The molecule has 1 saturated heterocycles. The number of benzene rings is 1. The summed E-state index contributed by atoms with van der Waals surface area (Å²) < 4.78 is 4.89. The maximum absolute atomic E-state index is 12.7. The second kappa shape index (κ2) is 8.36. The Morgan fingerprint density at radius 2 is 2.00 bits per heavy atom. The van der Waals surface area contributed by atoms with E-state index >= 15 is 0 Å². The normalized spacial score (nSPS) is 14.7. The van der Waals surface area contributed by atoms with Crippen molar-refractivity contribution in [2.75, 3.05) is 38.0 Å². The minimum absolute atomic E-state index is 0.0369. The van der Waals surface area contributed by atoms with Crippen LogP contribution in [0, 0.1) is 17.0 Å². The molecule has 0 radical (unpaired) electrons. The van der Waals surface area contributed by atoms with E-state index in [4.69, 9.17) is 16.1 Å². The van der Waals surface area contributed by atoms with Gasteiger partial charge in [-0.2, -0.15) is 0 Å². The highest BCUT2D eigenvalue weighted by Crippen LogP contribution is 2.24. The Labute approximate surface area is 165 Å². The molecule has 3 rings (SSSR count). The van der Waals surface area contributed by atoms with E-state index in [-0.39, 0.29) is 28.7 Å². The highest BCUT2D eigenvalue weighted by Gasteiger charge is 2.28. The first-order valence-electron chi connectivity index (χ1n) is 8.52. The van der Waals surface area contributed by atoms with Crippen molar-refractivity contribution in [3.05, 3.63) is 50.7 Å². The fraction of sp³-hybridized carbons (Fsp3) is 0.353. The van der Waals surface area contributed by atoms with E-state index in [2.05, 4.69) is 10.5 Å². The van der Waals surface area contributed by atoms with Gasteiger partial charge in [-0.05, 0) is 19.1 Å². The molecule has 1 N–H and O–H groups in total. The van der Waals surface area contributed by atoms with Gasteiger partial charge in [0.1, 0.15) is 11.3 Å². The first-order valence-corrected chi connectivity index (χ1v) is 8.90. The van der Waals surface area contributed by atoms with Crippen LogP contribution < -0.4 is 5.32 Å². The SMILES string of the molecule is Cc1cc(NC(=O)CN2CCN(C(=O)c3cc(Cl)ccc3[N+](=O)[O-])CC2)no1. The van der Waals surface area contributed by atoms with Gasteiger partial charge in [0, 0.05) is 43.3 Å². The quantitative estimate of drug-likeness (QED) is 0.593. The van der Waals surface area contributed by atoms with E-state index in [1.165, 1.54) is 23.1 Å². The molecule has 1 aliphatic rings. The number of piperazine rings is 1. The van der Waals surface area contributed by atoms with Crippen LogP contribution in [0.1, 0.15) is 16.1 Å². The molecule has 1 fully saturated rings. The Kier molecular flexibility index (Phi) is 5.90. The highest BCUT2D eigenvalue weighted by molar-refractivity contribution is 6.31. The van der Waals surface area contributed by atoms with Gasteiger partial charge in [0.15, 0.2) is 5.82 Å². The van der Waals surface area contributed by atoms with E-state index < -0.39 is 10.8 Å². The van der Waals surface area contributed by atoms with Gasteiger partial charge in [0.05, 0.1) is 11.5 Å². The molecule has 0 spiro atoms. The zero-order valence-electron chi connectivity index (χ0n) is 15.1. The number of hydrogen-bond donors (Lipinski definition) is 1. The van der Waals surface area contributed by atoms with Crippen LogP contribution in [-0.2, 0) is 4.79 Å². The number of nitrogens with zero attached hydrogens (tertiary/aromatic N) is 4. The van der Waals surface area contributed by atoms with Crippen molar-refractivity contribution in [2.24, 2.45) is 0 Å². The molecule has 28 heavy (non-hydrogen) atoms. The number of hydrogen-bond acceptors (Lipinski definition) is 7. The average molecular weight is 408 g/mol. The lowest BCUT2D eigenvalue weighted by atomic mass is 10.1. The Balaban J connectivity index is 1.56. The van der Waals surface area contributed by atoms with E-state index in [9.17, 15) is 19.7 Å². The largest absolute Gasteiger partial charge is 0.360 e. The predicted molar refractivity (Wildman–Crippen MR) is 100 cm³/mol. The van der Waals surface area contributed by atoms with E-state index in [0.717, 1.165) is 0 Å². The number of aromatic nitrogens is 1. The molecule has 0 aliphatic carbocycles. The van der Waals surface area contributed by atoms with Crippen molar-refractivity contribution in [3.63, 3.8) is 0 Å². The minimum atomic E-state index is -0.601. The molecule has 2 amide bonds. The topological polar surface area (TPSA) is 122 Å². The molecule has 1 aromatic heterocycles. The molecule has 2 aromatic rings. The fourth-order valence-corrected chi connectivity index (χ4v) is 3.10. The van der Waals surface area contributed by atoms with E-state index in [0.29, 0.717) is 37.8 Å². The van der Waals surface area contributed by atoms with Crippen molar-refractivity contribution in [2.45, 2.75) is 6.92 Å². The number of halogens is 1. The Morgan fingerprint density at radius 1 is 1.29 bits per heavy atom. The number of nitro groups is 1. The maximum atomic E-state index is 12.7. The molecule has 0 bridgehead atoms. The number of nitro benzene ring substituents is 1. The number of carbonyl (C=O) groups excluding carboxylic acids is 2. The third-order valence-corrected chi connectivity index (χ3v) is 4.54. The lowest BCUT2D eigenvalue weighted by Crippen LogP contribution is -2.50. The Bertz CT molecular complexity index is 907. The second-order valence-electron chi connectivity index (χ2n) is 6.36. The zero-order valence-corrected chi connectivity index (χ0v) is 15.8. The Morgan fingerprint density at radius 3 is 2.61 bits per heavy atom. The van der Waals surface area contributed by atoms with Gasteiger partial charge < -0.3 is 14.7 Å². The molecule has 0 saturated carbocycles. The minimum Gasteiger partial charge on any atom is -0.360 e. The monoisotopic (exact) mass is 407 g/mol. The van der Waals surface area contributed by atoms with Crippen molar-refractivity contribution < 1.29 is 19.0 Å². The number of nitrogens with one attached hydrogen (secondary N) is 1. The van der Waals surface area contributed by atoms with Crippen molar-refractivity contribution in [1.29, 1.82) is 0 Å².